The molecule has 3 aromatic carbocycles. The maximum atomic E-state index is 13.8. The molecule has 5 rings (SSSR count). The van der Waals surface area contributed by atoms with E-state index in [0.717, 1.165) is 26.0 Å². The van der Waals surface area contributed by atoms with Crippen LogP contribution in [0.1, 0.15) is 65.9 Å². The second-order valence-corrected chi connectivity index (χ2v) is 19.9. The topological polar surface area (TPSA) is 107 Å². The van der Waals surface area contributed by atoms with Crippen molar-refractivity contribution in [3.8, 4) is 5.75 Å². The molecule has 3 aromatic rings. The number of aliphatic hydroxyl groups is 2. The Balaban J connectivity index is 1.57. The number of aromatic hydroxyl groups is 1. The number of rotatable bonds is 13. The van der Waals surface area contributed by atoms with E-state index >= 15 is 0 Å². The van der Waals surface area contributed by atoms with Crippen LogP contribution in [0, 0.1) is 17.8 Å². The van der Waals surface area contributed by atoms with Crippen molar-refractivity contribution in [2.24, 2.45) is 17.8 Å². The van der Waals surface area contributed by atoms with Gasteiger partial charge in [-0.05, 0) is 77.4 Å². The number of likely N-dealkylation sites (tertiary alicyclic amines) is 1. The summed E-state index contributed by atoms with van der Waals surface area (Å²) in [5.74, 6) is -2.35. The number of hydrogen-bond donors (Lipinski definition) is 3. The average molecular weight is 761 g/mol. The van der Waals surface area contributed by atoms with Crippen molar-refractivity contribution in [2.75, 3.05) is 19.8 Å². The summed E-state index contributed by atoms with van der Waals surface area (Å²) < 4.78 is 8.18. The average Bonchev–Trinajstić information content (AvgIpc) is 3.33. The van der Waals surface area contributed by atoms with E-state index in [1.807, 2.05) is 62.4 Å². The number of aliphatic hydroxyl groups excluding tert-OH is 2. The largest absolute Gasteiger partial charge is 0.507 e. The molecule has 266 valence electrons. The molecule has 2 amide bonds. The Labute approximate surface area is 305 Å². The third-order valence-corrected chi connectivity index (χ3v) is 15.8. The first-order valence-corrected chi connectivity index (χ1v) is 20.3. The van der Waals surface area contributed by atoms with Crippen molar-refractivity contribution in [1.82, 2.24) is 4.90 Å². The molecule has 1 heterocycles. The second-order valence-electron chi connectivity index (χ2n) is 14.7. The van der Waals surface area contributed by atoms with Crippen molar-refractivity contribution in [3.63, 3.8) is 0 Å². The number of carbonyl (C=O) groups excluding carboxylic acids is 2. The lowest BCUT2D eigenvalue weighted by Crippen LogP contribution is -2.66. The molecule has 0 spiro atoms. The molecule has 0 saturated carbocycles. The fraction of sp³-hybridized carbons (Fsp3) is 0.415. The van der Waals surface area contributed by atoms with Gasteiger partial charge in [0.05, 0.1) is 31.2 Å². The number of amides is 2. The number of imide groups is 1. The van der Waals surface area contributed by atoms with Crippen LogP contribution in [-0.2, 0) is 14.0 Å². The van der Waals surface area contributed by atoms with Gasteiger partial charge in [0.1, 0.15) is 5.75 Å². The fourth-order valence-electron chi connectivity index (χ4n) is 8.06. The summed E-state index contributed by atoms with van der Waals surface area (Å²) >= 11 is 3.46. The van der Waals surface area contributed by atoms with E-state index in [1.54, 1.807) is 12.1 Å². The van der Waals surface area contributed by atoms with Gasteiger partial charge in [-0.2, -0.15) is 0 Å². The van der Waals surface area contributed by atoms with Gasteiger partial charge >= 0.3 is 0 Å². The molecule has 9 heteroatoms. The lowest BCUT2D eigenvalue weighted by atomic mass is 9.68. The third kappa shape index (κ3) is 7.48. The highest BCUT2D eigenvalue weighted by Gasteiger charge is 2.55. The van der Waals surface area contributed by atoms with Crippen LogP contribution in [0.25, 0.3) is 6.08 Å². The lowest BCUT2D eigenvalue weighted by molar-refractivity contribution is -0.140. The monoisotopic (exact) mass is 759 g/mol. The molecule has 1 fully saturated rings. The van der Waals surface area contributed by atoms with Crippen molar-refractivity contribution >= 4 is 52.5 Å². The first kappa shape index (κ1) is 37.9. The van der Waals surface area contributed by atoms with Gasteiger partial charge < -0.3 is 19.7 Å². The number of phenols is 1. The Morgan fingerprint density at radius 3 is 2.20 bits per heavy atom. The van der Waals surface area contributed by atoms with Gasteiger partial charge in [-0.3, -0.25) is 14.5 Å². The van der Waals surface area contributed by atoms with Crippen molar-refractivity contribution in [2.45, 2.75) is 71.4 Å². The van der Waals surface area contributed by atoms with E-state index < -0.39 is 32.2 Å². The number of benzene rings is 3. The molecule has 0 unspecified atom stereocenters. The van der Waals surface area contributed by atoms with Gasteiger partial charge in [-0.25, -0.2) is 0 Å². The Morgan fingerprint density at radius 2 is 1.64 bits per heavy atom. The van der Waals surface area contributed by atoms with Crippen LogP contribution in [0.2, 0.25) is 5.04 Å². The van der Waals surface area contributed by atoms with Crippen LogP contribution < -0.4 is 10.4 Å². The minimum Gasteiger partial charge on any atom is -0.507 e. The van der Waals surface area contributed by atoms with Gasteiger partial charge in [0.2, 0.25) is 11.8 Å². The van der Waals surface area contributed by atoms with Gasteiger partial charge in [0, 0.05) is 22.5 Å². The Bertz CT molecular complexity index is 1700. The molecule has 0 aromatic heterocycles. The zero-order chi connectivity index (χ0) is 36.2. The Morgan fingerprint density at radius 1 is 1.02 bits per heavy atom. The third-order valence-electron chi connectivity index (χ3n) is 10.4. The minimum atomic E-state index is -2.99. The molecule has 4 atom stereocenters. The summed E-state index contributed by atoms with van der Waals surface area (Å²) in [6, 6.07) is 25.9. The number of phenolic OH excluding ortho intramolecular Hbond substituents is 1. The van der Waals surface area contributed by atoms with Crippen LogP contribution in [0.4, 0.5) is 0 Å². The van der Waals surface area contributed by atoms with E-state index in [0.29, 0.717) is 36.9 Å². The quantitative estimate of drug-likeness (QED) is 0.103. The maximum absolute atomic E-state index is 13.8. The molecule has 1 aliphatic heterocycles. The highest BCUT2D eigenvalue weighted by molar-refractivity contribution is 9.10. The normalized spacial score (nSPS) is 20.8. The van der Waals surface area contributed by atoms with Crippen LogP contribution >= 0.6 is 15.9 Å². The first-order chi connectivity index (χ1) is 23.8. The number of allylic oxidation sites excluding steroid dienone is 1. The summed E-state index contributed by atoms with van der Waals surface area (Å²) in [5.41, 5.74) is 3.03. The van der Waals surface area contributed by atoms with Crippen LogP contribution in [0.15, 0.2) is 100 Å². The summed E-state index contributed by atoms with van der Waals surface area (Å²) in [5, 5.41) is 35.3. The SMILES string of the molecule is CCCN1C(=O)[C@@H]2[C@@H](CC(CO[Si](c3ccccc3)(c3ccccc3)C(C)(C)C)=C([C@H](O)CC/C(C)=C/c3cc(Br)ccc3O)[C@@H]2CO)C1=O. The molecular formula is C41H50BrNO6Si. The summed E-state index contributed by atoms with van der Waals surface area (Å²) in [6.07, 6.45) is 2.71. The predicted molar refractivity (Wildman–Crippen MR) is 204 cm³/mol. The highest BCUT2D eigenvalue weighted by Crippen LogP contribution is 2.47. The molecule has 3 N–H and O–H groups in total. The fourth-order valence-corrected chi connectivity index (χ4v) is 13.0. The second kappa shape index (κ2) is 15.9. The van der Waals surface area contributed by atoms with E-state index in [9.17, 15) is 24.9 Å². The molecule has 50 heavy (non-hydrogen) atoms. The Kier molecular flexibility index (Phi) is 12.1. The first-order valence-electron chi connectivity index (χ1n) is 17.6. The zero-order valence-corrected chi connectivity index (χ0v) is 32.3. The molecule has 2 aliphatic rings. The van der Waals surface area contributed by atoms with Crippen molar-refractivity contribution < 1.29 is 29.3 Å². The Hall–Kier alpha value is -3.34. The van der Waals surface area contributed by atoms with Crippen molar-refractivity contribution in [3.05, 3.63) is 106 Å². The zero-order valence-electron chi connectivity index (χ0n) is 29.7. The molecule has 0 bridgehead atoms. The summed E-state index contributed by atoms with van der Waals surface area (Å²) in [4.78, 5) is 28.9. The molecular weight excluding hydrogens is 710 g/mol. The minimum absolute atomic E-state index is 0.162. The lowest BCUT2D eigenvalue weighted by Gasteiger charge is -2.44. The number of hydrogen-bond acceptors (Lipinski definition) is 6. The van der Waals surface area contributed by atoms with Crippen LogP contribution in [-0.4, -0.2) is 66.2 Å². The molecule has 7 nitrogen and oxygen atoms in total. The van der Waals surface area contributed by atoms with E-state index in [4.69, 9.17) is 4.43 Å². The van der Waals surface area contributed by atoms with E-state index in [2.05, 4.69) is 61.0 Å². The molecule has 0 radical (unpaired) electrons. The van der Waals surface area contributed by atoms with Crippen LogP contribution in [0.3, 0.4) is 0 Å². The van der Waals surface area contributed by atoms with E-state index in [1.165, 1.54) is 4.90 Å². The highest BCUT2D eigenvalue weighted by atomic mass is 79.9. The number of halogens is 1. The van der Waals surface area contributed by atoms with Crippen molar-refractivity contribution in [1.29, 1.82) is 0 Å². The number of nitrogens with zero attached hydrogens (tertiary/aromatic N) is 1. The number of carbonyl (C=O) groups is 2. The van der Waals surface area contributed by atoms with Gasteiger partial charge in [0.25, 0.3) is 8.32 Å². The smallest absolute Gasteiger partial charge is 0.261 e. The van der Waals surface area contributed by atoms with Gasteiger partial charge in [0.15, 0.2) is 0 Å². The molecule has 1 saturated heterocycles. The van der Waals surface area contributed by atoms with Gasteiger partial charge in [-0.15, -0.1) is 0 Å². The molecule has 1 aliphatic carbocycles. The van der Waals surface area contributed by atoms with E-state index in [-0.39, 0.29) is 42.2 Å². The summed E-state index contributed by atoms with van der Waals surface area (Å²) in [7, 11) is -2.99. The summed E-state index contributed by atoms with van der Waals surface area (Å²) in [6.45, 7) is 10.6. The maximum Gasteiger partial charge on any atom is 0.261 e. The predicted octanol–water partition coefficient (Wildman–Crippen LogP) is 6.60. The standard InChI is InChI=1S/C41H50BrNO6Si/c1-6-21-43-39(47)33-24-29(26-49-50(41(3,4)5,31-13-9-7-10-14-31)32-15-11-8-12-16-32)37(34(25-44)38(33)40(43)48)36(46)19-17-27(2)22-28-23-30(42)18-20-35(28)45/h7-16,18,20,22-23,33-34,36,38,44-46H,6,17,19,21,24-26H2,1-5H3/b27-22+/t33-,34+,36-,38-/m1/s1. The van der Waals surface area contributed by atoms with Gasteiger partial charge in [-0.1, -0.05) is 116 Å². The number of fused-ring (bicyclic) bond motifs is 1. The van der Waals surface area contributed by atoms with Crippen LogP contribution in [0.5, 0.6) is 5.75 Å².